The molecule has 0 unspecified atom stereocenters. The molecule has 2 heterocycles. The molecule has 134 valence electrons. The minimum absolute atomic E-state index is 0.725. The molecule has 0 radical (unpaired) electrons. The number of anilines is 1. The molecule has 0 N–H and O–H groups in total. The molecular weight excluding hydrogens is 412 g/mol. The highest BCUT2D eigenvalue weighted by molar-refractivity contribution is 9.10. The van der Waals surface area contributed by atoms with Gasteiger partial charge in [-0.15, -0.1) is 10.2 Å². The number of ether oxygens (including phenoxy) is 1. The first-order valence-electron chi connectivity index (χ1n) is 8.52. The summed E-state index contributed by atoms with van der Waals surface area (Å²) >= 11 is 5.18. The van der Waals surface area contributed by atoms with Crippen LogP contribution in [0, 0.1) is 0 Å². The zero-order valence-corrected chi connectivity index (χ0v) is 16.6. The Bertz CT molecular complexity index is 848. The summed E-state index contributed by atoms with van der Waals surface area (Å²) in [4.78, 5) is 2.24. The van der Waals surface area contributed by atoms with Gasteiger partial charge in [0.1, 0.15) is 0 Å². The third-order valence-electron chi connectivity index (χ3n) is 4.21. The highest BCUT2D eigenvalue weighted by atomic mass is 79.9. The van der Waals surface area contributed by atoms with Crippen molar-refractivity contribution >= 4 is 33.6 Å². The van der Waals surface area contributed by atoms with Crippen molar-refractivity contribution in [2.45, 2.75) is 10.9 Å². The molecule has 1 saturated heterocycles. The molecule has 4 rings (SSSR count). The summed E-state index contributed by atoms with van der Waals surface area (Å²) in [7, 11) is 0. The van der Waals surface area contributed by atoms with Crippen LogP contribution in [0.25, 0.3) is 5.69 Å². The summed E-state index contributed by atoms with van der Waals surface area (Å²) in [5, 5.41) is 9.89. The van der Waals surface area contributed by atoms with E-state index >= 15 is 0 Å². The maximum Gasteiger partial charge on any atom is 0.232 e. The van der Waals surface area contributed by atoms with Crippen LogP contribution >= 0.6 is 27.7 Å². The first-order valence-corrected chi connectivity index (χ1v) is 10.3. The van der Waals surface area contributed by atoms with Gasteiger partial charge < -0.3 is 9.64 Å². The quantitative estimate of drug-likeness (QED) is 0.568. The Morgan fingerprint density at radius 1 is 0.962 bits per heavy atom. The van der Waals surface area contributed by atoms with E-state index in [0.29, 0.717) is 0 Å². The van der Waals surface area contributed by atoms with Crippen molar-refractivity contribution in [2.24, 2.45) is 0 Å². The Balaban J connectivity index is 1.63. The van der Waals surface area contributed by atoms with Crippen LogP contribution in [0.15, 0.2) is 64.2 Å². The van der Waals surface area contributed by atoms with Crippen LogP contribution in [0.3, 0.4) is 0 Å². The summed E-state index contributed by atoms with van der Waals surface area (Å²) in [6, 6.07) is 18.7. The smallest absolute Gasteiger partial charge is 0.232 e. The predicted octanol–water partition coefficient (Wildman–Crippen LogP) is 4.16. The Labute approximate surface area is 165 Å². The van der Waals surface area contributed by atoms with Crippen LogP contribution in [-0.2, 0) is 10.5 Å². The zero-order valence-electron chi connectivity index (χ0n) is 14.2. The minimum Gasteiger partial charge on any atom is -0.378 e. The molecule has 7 heteroatoms. The normalized spacial score (nSPS) is 14.6. The molecule has 1 aliphatic heterocycles. The number of nitrogens with zero attached hydrogens (tertiary/aromatic N) is 4. The summed E-state index contributed by atoms with van der Waals surface area (Å²) in [5.41, 5.74) is 2.34. The zero-order chi connectivity index (χ0) is 17.8. The van der Waals surface area contributed by atoms with Gasteiger partial charge >= 0.3 is 0 Å². The molecule has 26 heavy (non-hydrogen) atoms. The standard InChI is InChI=1S/C19H19BrN4OS/c20-16-8-6-15(7-9-16)14-26-19-22-21-18(23-10-12-25-13-11-23)24(19)17-4-2-1-3-5-17/h1-9H,10-14H2. The van der Waals surface area contributed by atoms with E-state index in [1.165, 1.54) is 5.56 Å². The van der Waals surface area contributed by atoms with Crippen molar-refractivity contribution in [2.75, 3.05) is 31.2 Å². The monoisotopic (exact) mass is 430 g/mol. The predicted molar refractivity (Wildman–Crippen MR) is 108 cm³/mol. The van der Waals surface area contributed by atoms with E-state index in [0.717, 1.165) is 53.3 Å². The van der Waals surface area contributed by atoms with Crippen LogP contribution in [0.2, 0.25) is 0 Å². The fraction of sp³-hybridized carbons (Fsp3) is 0.263. The molecule has 2 aromatic carbocycles. The van der Waals surface area contributed by atoms with E-state index in [1.54, 1.807) is 11.8 Å². The lowest BCUT2D eigenvalue weighted by molar-refractivity contribution is 0.122. The van der Waals surface area contributed by atoms with Gasteiger partial charge in [-0.2, -0.15) is 0 Å². The molecule has 0 aliphatic carbocycles. The molecule has 0 amide bonds. The van der Waals surface area contributed by atoms with Gasteiger partial charge in [-0.3, -0.25) is 4.57 Å². The van der Waals surface area contributed by atoms with Crippen molar-refractivity contribution < 1.29 is 4.74 Å². The summed E-state index contributed by atoms with van der Waals surface area (Å²) in [6.45, 7) is 3.12. The lowest BCUT2D eigenvalue weighted by atomic mass is 10.2. The van der Waals surface area contributed by atoms with Crippen LogP contribution in [-0.4, -0.2) is 41.1 Å². The van der Waals surface area contributed by atoms with Crippen molar-refractivity contribution in [3.8, 4) is 5.69 Å². The first kappa shape index (κ1) is 17.6. The molecule has 5 nitrogen and oxygen atoms in total. The van der Waals surface area contributed by atoms with Crippen molar-refractivity contribution in [1.29, 1.82) is 0 Å². The molecule has 3 aromatic rings. The van der Waals surface area contributed by atoms with Crippen LogP contribution in [0.4, 0.5) is 5.95 Å². The molecule has 0 saturated carbocycles. The van der Waals surface area contributed by atoms with E-state index in [9.17, 15) is 0 Å². The van der Waals surface area contributed by atoms with Crippen LogP contribution < -0.4 is 4.90 Å². The number of aromatic nitrogens is 3. The highest BCUT2D eigenvalue weighted by Gasteiger charge is 2.21. The number of rotatable bonds is 5. The maximum absolute atomic E-state index is 5.48. The van der Waals surface area contributed by atoms with E-state index in [2.05, 4.69) is 72.0 Å². The average Bonchev–Trinajstić information content (AvgIpc) is 3.13. The van der Waals surface area contributed by atoms with Gasteiger partial charge in [-0.05, 0) is 29.8 Å². The lowest BCUT2D eigenvalue weighted by Crippen LogP contribution is -2.37. The number of hydrogen-bond acceptors (Lipinski definition) is 5. The first-order chi connectivity index (χ1) is 12.8. The average molecular weight is 431 g/mol. The molecule has 1 aromatic heterocycles. The van der Waals surface area contributed by atoms with Crippen LogP contribution in [0.1, 0.15) is 5.56 Å². The third-order valence-corrected chi connectivity index (χ3v) is 5.73. The second-order valence-corrected chi connectivity index (χ2v) is 7.83. The van der Waals surface area contributed by atoms with Gasteiger partial charge in [0.25, 0.3) is 0 Å². The Morgan fingerprint density at radius 3 is 2.42 bits per heavy atom. The Hall–Kier alpha value is -1.83. The molecule has 0 atom stereocenters. The fourth-order valence-corrected chi connectivity index (χ4v) is 4.02. The number of benzene rings is 2. The van der Waals surface area contributed by atoms with E-state index < -0.39 is 0 Å². The topological polar surface area (TPSA) is 43.2 Å². The summed E-state index contributed by atoms with van der Waals surface area (Å²) < 4.78 is 8.72. The number of morpholine rings is 1. The van der Waals surface area contributed by atoms with Crippen molar-refractivity contribution in [3.63, 3.8) is 0 Å². The van der Waals surface area contributed by atoms with Crippen LogP contribution in [0.5, 0.6) is 0 Å². The molecule has 1 fully saturated rings. The maximum atomic E-state index is 5.48. The number of thioether (sulfide) groups is 1. The number of hydrogen-bond donors (Lipinski definition) is 0. The Kier molecular flexibility index (Phi) is 5.57. The third kappa shape index (κ3) is 3.95. The lowest BCUT2D eigenvalue weighted by Gasteiger charge is -2.27. The largest absolute Gasteiger partial charge is 0.378 e. The number of halogens is 1. The summed E-state index contributed by atoms with van der Waals surface area (Å²) in [5.74, 6) is 1.74. The molecule has 0 bridgehead atoms. The Morgan fingerprint density at radius 2 is 1.69 bits per heavy atom. The van der Waals surface area contributed by atoms with E-state index in [4.69, 9.17) is 4.74 Å². The van der Waals surface area contributed by atoms with Crippen molar-refractivity contribution in [1.82, 2.24) is 14.8 Å². The van der Waals surface area contributed by atoms with Gasteiger partial charge in [0.15, 0.2) is 5.16 Å². The van der Waals surface area contributed by atoms with Gasteiger partial charge in [-0.1, -0.05) is 58.0 Å². The summed E-state index contributed by atoms with van der Waals surface area (Å²) in [6.07, 6.45) is 0. The van der Waals surface area contributed by atoms with Gasteiger partial charge in [0.2, 0.25) is 5.95 Å². The van der Waals surface area contributed by atoms with Gasteiger partial charge in [-0.25, -0.2) is 0 Å². The second kappa shape index (κ2) is 8.24. The van der Waals surface area contributed by atoms with Gasteiger partial charge in [0.05, 0.1) is 18.9 Å². The second-order valence-electron chi connectivity index (χ2n) is 5.97. The molecular formula is C19H19BrN4OS. The molecule has 0 spiro atoms. The van der Waals surface area contributed by atoms with Crippen molar-refractivity contribution in [3.05, 3.63) is 64.6 Å². The van der Waals surface area contributed by atoms with E-state index in [1.807, 2.05) is 18.2 Å². The van der Waals surface area contributed by atoms with E-state index in [-0.39, 0.29) is 0 Å². The fourth-order valence-electron chi connectivity index (χ4n) is 2.86. The van der Waals surface area contributed by atoms with Gasteiger partial charge in [0, 0.05) is 23.3 Å². The highest BCUT2D eigenvalue weighted by Crippen LogP contribution is 2.29. The number of para-hydroxylation sites is 1. The SMILES string of the molecule is Brc1ccc(CSc2nnc(N3CCOCC3)n2-c2ccccc2)cc1. The minimum atomic E-state index is 0.725. The molecule has 1 aliphatic rings.